The first-order valence-corrected chi connectivity index (χ1v) is 7.04. The molecule has 6 heteroatoms. The number of nitrogens with zero attached hydrogens (tertiary/aromatic N) is 2. The van der Waals surface area contributed by atoms with Crippen LogP contribution in [0.1, 0.15) is 37.7 Å². The average Bonchev–Trinajstić information content (AvgIpc) is 2.83. The van der Waals surface area contributed by atoms with Crippen molar-refractivity contribution in [2.45, 2.75) is 44.6 Å². The number of nitrogens with one attached hydrogen (secondary N) is 1. The lowest BCUT2D eigenvalue weighted by atomic mass is 9.86. The molecule has 0 saturated heterocycles. The Labute approximate surface area is 118 Å². The molecular weight excluding hydrogens is 258 g/mol. The number of rotatable bonds is 5. The van der Waals surface area contributed by atoms with Crippen molar-refractivity contribution in [1.82, 2.24) is 15.1 Å². The van der Waals surface area contributed by atoms with Gasteiger partial charge in [0.25, 0.3) is 0 Å². The van der Waals surface area contributed by atoms with Crippen LogP contribution in [0.25, 0.3) is 0 Å². The highest BCUT2D eigenvalue weighted by Crippen LogP contribution is 2.24. The maximum atomic E-state index is 11.9. The Hall–Kier alpha value is -1.85. The number of carbonyl (C=O) groups is 2. The Morgan fingerprint density at radius 1 is 1.40 bits per heavy atom. The standard InChI is InChI=1S/C14H21N3O3/c1-17-9-10(8-15-17)2-7-13(18)16-12-5-3-11(4-6-12)14(19)20/h8-9,11-12H,2-7H2,1H3,(H,16,18)(H,19,20). The van der Waals surface area contributed by atoms with Crippen molar-refractivity contribution in [2.75, 3.05) is 0 Å². The number of carboxylic acids is 1. The van der Waals surface area contributed by atoms with Crippen molar-refractivity contribution < 1.29 is 14.7 Å². The fourth-order valence-corrected chi connectivity index (χ4v) is 2.64. The molecule has 0 unspecified atom stereocenters. The van der Waals surface area contributed by atoms with Gasteiger partial charge in [0, 0.05) is 25.7 Å². The molecule has 1 aliphatic rings. The quantitative estimate of drug-likeness (QED) is 0.845. The van der Waals surface area contributed by atoms with Crippen LogP contribution in [0.3, 0.4) is 0 Å². The van der Waals surface area contributed by atoms with E-state index in [4.69, 9.17) is 5.11 Å². The highest BCUT2D eigenvalue weighted by atomic mass is 16.4. The number of carbonyl (C=O) groups excluding carboxylic acids is 1. The van der Waals surface area contributed by atoms with Gasteiger partial charge in [0.1, 0.15) is 0 Å². The first-order chi connectivity index (χ1) is 9.54. The Balaban J connectivity index is 1.69. The van der Waals surface area contributed by atoms with Gasteiger partial charge in [-0.15, -0.1) is 0 Å². The third kappa shape index (κ3) is 4.08. The number of aryl methyl sites for hydroxylation is 2. The van der Waals surface area contributed by atoms with Crippen molar-refractivity contribution >= 4 is 11.9 Å². The second-order valence-corrected chi connectivity index (χ2v) is 5.48. The molecule has 1 saturated carbocycles. The largest absolute Gasteiger partial charge is 0.481 e. The van der Waals surface area contributed by atoms with Gasteiger partial charge in [-0.25, -0.2) is 0 Å². The van der Waals surface area contributed by atoms with Crippen molar-refractivity contribution in [2.24, 2.45) is 13.0 Å². The van der Waals surface area contributed by atoms with Crippen LogP contribution >= 0.6 is 0 Å². The molecule has 0 atom stereocenters. The molecule has 1 aromatic heterocycles. The molecule has 0 bridgehead atoms. The first kappa shape index (κ1) is 14.6. The van der Waals surface area contributed by atoms with Gasteiger partial charge in [0.2, 0.25) is 5.91 Å². The van der Waals surface area contributed by atoms with Gasteiger partial charge in [0.15, 0.2) is 0 Å². The van der Waals surface area contributed by atoms with E-state index < -0.39 is 5.97 Å². The lowest BCUT2D eigenvalue weighted by Gasteiger charge is -2.26. The summed E-state index contributed by atoms with van der Waals surface area (Å²) < 4.78 is 1.72. The van der Waals surface area contributed by atoms with Gasteiger partial charge in [0.05, 0.1) is 12.1 Å². The summed E-state index contributed by atoms with van der Waals surface area (Å²) in [5, 5.41) is 16.0. The van der Waals surface area contributed by atoms with Gasteiger partial charge in [-0.1, -0.05) is 0 Å². The lowest BCUT2D eigenvalue weighted by molar-refractivity contribution is -0.142. The monoisotopic (exact) mass is 279 g/mol. The molecule has 1 aliphatic carbocycles. The Morgan fingerprint density at radius 2 is 2.10 bits per heavy atom. The number of aliphatic carboxylic acids is 1. The maximum Gasteiger partial charge on any atom is 0.306 e. The summed E-state index contributed by atoms with van der Waals surface area (Å²) in [5.74, 6) is -0.919. The third-order valence-electron chi connectivity index (χ3n) is 3.84. The van der Waals surface area contributed by atoms with E-state index in [0.29, 0.717) is 25.7 Å². The van der Waals surface area contributed by atoms with Crippen molar-refractivity contribution in [3.8, 4) is 0 Å². The van der Waals surface area contributed by atoms with Crippen LogP contribution in [0.4, 0.5) is 0 Å². The van der Waals surface area contributed by atoms with Crippen molar-refractivity contribution in [3.63, 3.8) is 0 Å². The van der Waals surface area contributed by atoms with Crippen LogP contribution in [-0.4, -0.2) is 32.8 Å². The molecule has 1 amide bonds. The van der Waals surface area contributed by atoms with Gasteiger partial charge in [-0.2, -0.15) is 5.10 Å². The second-order valence-electron chi connectivity index (χ2n) is 5.48. The van der Waals surface area contributed by atoms with E-state index in [2.05, 4.69) is 10.4 Å². The zero-order valence-corrected chi connectivity index (χ0v) is 11.7. The number of hydrogen-bond donors (Lipinski definition) is 2. The van der Waals surface area contributed by atoms with E-state index in [-0.39, 0.29) is 17.9 Å². The minimum Gasteiger partial charge on any atom is -0.481 e. The Kier molecular flexibility index (Phi) is 4.76. The molecule has 1 fully saturated rings. The van der Waals surface area contributed by atoms with E-state index in [9.17, 15) is 9.59 Å². The van der Waals surface area contributed by atoms with Crippen LogP contribution in [0, 0.1) is 5.92 Å². The number of aromatic nitrogens is 2. The lowest BCUT2D eigenvalue weighted by Crippen LogP contribution is -2.38. The summed E-state index contributed by atoms with van der Waals surface area (Å²) >= 11 is 0. The van der Waals surface area contributed by atoms with Crippen LogP contribution in [0.15, 0.2) is 12.4 Å². The number of amides is 1. The van der Waals surface area contributed by atoms with E-state index in [1.165, 1.54) is 0 Å². The molecule has 0 aromatic carbocycles. The third-order valence-corrected chi connectivity index (χ3v) is 3.84. The van der Waals surface area contributed by atoms with Crippen LogP contribution in [0.5, 0.6) is 0 Å². The van der Waals surface area contributed by atoms with E-state index in [1.807, 2.05) is 13.2 Å². The van der Waals surface area contributed by atoms with Gasteiger partial charge in [-0.05, 0) is 37.7 Å². The Morgan fingerprint density at radius 3 is 2.65 bits per heavy atom. The summed E-state index contributed by atoms with van der Waals surface area (Å²) in [6.45, 7) is 0. The molecule has 20 heavy (non-hydrogen) atoms. The molecule has 2 rings (SSSR count). The fourth-order valence-electron chi connectivity index (χ4n) is 2.64. The molecule has 0 aliphatic heterocycles. The molecule has 1 aromatic rings. The second kappa shape index (κ2) is 6.54. The summed E-state index contributed by atoms with van der Waals surface area (Å²) in [6, 6.07) is 0.131. The Bertz CT molecular complexity index is 476. The average molecular weight is 279 g/mol. The molecule has 0 spiro atoms. The van der Waals surface area contributed by atoms with E-state index in [1.54, 1.807) is 10.9 Å². The fraction of sp³-hybridized carbons (Fsp3) is 0.643. The zero-order valence-electron chi connectivity index (χ0n) is 11.7. The molecule has 110 valence electrons. The predicted molar refractivity (Wildman–Crippen MR) is 73.1 cm³/mol. The highest BCUT2D eigenvalue weighted by molar-refractivity contribution is 5.76. The number of hydrogen-bond acceptors (Lipinski definition) is 3. The maximum absolute atomic E-state index is 11.9. The molecule has 2 N–H and O–H groups in total. The van der Waals surface area contributed by atoms with Crippen LogP contribution in [0.2, 0.25) is 0 Å². The number of carboxylic acid groups (broad SMARTS) is 1. The van der Waals surface area contributed by atoms with Gasteiger partial charge < -0.3 is 10.4 Å². The first-order valence-electron chi connectivity index (χ1n) is 7.04. The minimum atomic E-state index is -0.716. The van der Waals surface area contributed by atoms with Crippen LogP contribution in [-0.2, 0) is 23.1 Å². The van der Waals surface area contributed by atoms with Crippen molar-refractivity contribution in [1.29, 1.82) is 0 Å². The van der Waals surface area contributed by atoms with Gasteiger partial charge >= 0.3 is 5.97 Å². The highest BCUT2D eigenvalue weighted by Gasteiger charge is 2.26. The van der Waals surface area contributed by atoms with Crippen LogP contribution < -0.4 is 5.32 Å². The summed E-state index contributed by atoms with van der Waals surface area (Å²) in [4.78, 5) is 22.7. The summed E-state index contributed by atoms with van der Waals surface area (Å²) in [5.41, 5.74) is 1.05. The van der Waals surface area contributed by atoms with E-state index in [0.717, 1.165) is 18.4 Å². The minimum absolute atomic E-state index is 0.0348. The molecule has 6 nitrogen and oxygen atoms in total. The SMILES string of the molecule is Cn1cc(CCC(=O)NC2CCC(C(=O)O)CC2)cn1. The molecule has 0 radical (unpaired) electrons. The smallest absolute Gasteiger partial charge is 0.306 e. The predicted octanol–water partition coefficient (Wildman–Crippen LogP) is 1.11. The topological polar surface area (TPSA) is 84.2 Å². The zero-order chi connectivity index (χ0) is 14.5. The normalized spacial score (nSPS) is 22.4. The molecule has 1 heterocycles. The van der Waals surface area contributed by atoms with Crippen molar-refractivity contribution in [3.05, 3.63) is 18.0 Å². The van der Waals surface area contributed by atoms with E-state index >= 15 is 0 Å². The van der Waals surface area contributed by atoms with Gasteiger partial charge in [-0.3, -0.25) is 14.3 Å². The molecular formula is C14H21N3O3. The summed E-state index contributed by atoms with van der Waals surface area (Å²) in [7, 11) is 1.85. The summed E-state index contributed by atoms with van der Waals surface area (Å²) in [6.07, 6.45) is 7.64.